The summed E-state index contributed by atoms with van der Waals surface area (Å²) >= 11 is 0. The Morgan fingerprint density at radius 2 is 1.89 bits per heavy atom. The quantitative estimate of drug-likeness (QED) is 0.794. The summed E-state index contributed by atoms with van der Waals surface area (Å²) in [4.78, 5) is 32.9. The fraction of sp³-hybridized carbons (Fsp3) is 0.632. The molecule has 2 fully saturated rings. The first-order valence-electron chi connectivity index (χ1n) is 9.70. The van der Waals surface area contributed by atoms with Gasteiger partial charge in [0.1, 0.15) is 0 Å². The van der Waals surface area contributed by atoms with Crippen molar-refractivity contribution in [3.8, 4) is 11.8 Å². The molecule has 8 heteroatoms. The molecule has 0 amide bonds. The molecule has 3 heterocycles. The summed E-state index contributed by atoms with van der Waals surface area (Å²) in [5.74, 6) is 6.72. The van der Waals surface area contributed by atoms with Crippen LogP contribution < -0.4 is 21.5 Å². The molecule has 0 bridgehead atoms. The Morgan fingerprint density at radius 1 is 1.19 bits per heavy atom. The molecular formula is C19H26N6O2. The maximum absolute atomic E-state index is 13.0. The van der Waals surface area contributed by atoms with Crippen LogP contribution in [0.4, 0.5) is 5.95 Å². The highest BCUT2D eigenvalue weighted by Crippen LogP contribution is 2.31. The van der Waals surface area contributed by atoms with Gasteiger partial charge in [0, 0.05) is 39.3 Å². The van der Waals surface area contributed by atoms with Crippen molar-refractivity contribution in [3.63, 3.8) is 0 Å². The van der Waals surface area contributed by atoms with Gasteiger partial charge in [-0.3, -0.25) is 18.5 Å². The van der Waals surface area contributed by atoms with E-state index in [4.69, 9.17) is 4.98 Å². The average molecular weight is 370 g/mol. The molecule has 1 saturated carbocycles. The molecule has 0 spiro atoms. The van der Waals surface area contributed by atoms with Gasteiger partial charge in [-0.05, 0) is 19.8 Å². The second kappa shape index (κ2) is 7.24. The second-order valence-corrected chi connectivity index (χ2v) is 7.29. The zero-order valence-electron chi connectivity index (χ0n) is 16.0. The number of piperazine rings is 1. The van der Waals surface area contributed by atoms with Crippen LogP contribution in [0.3, 0.4) is 0 Å². The zero-order chi connectivity index (χ0) is 19.0. The summed E-state index contributed by atoms with van der Waals surface area (Å²) in [6.07, 6.45) is 4.12. The lowest BCUT2D eigenvalue weighted by Crippen LogP contribution is -2.44. The number of nitrogens with one attached hydrogen (secondary N) is 1. The topological polar surface area (TPSA) is 77.1 Å². The number of rotatable bonds is 3. The maximum Gasteiger partial charge on any atom is 0.332 e. The summed E-state index contributed by atoms with van der Waals surface area (Å²) < 4.78 is 4.87. The SMILES string of the molecule is CC#CCn1c(N2CCNCC2)nc2c1c(=O)n(C)c(=O)n2C1CCCC1. The fourth-order valence-electron chi connectivity index (χ4n) is 4.21. The number of hydrogen-bond acceptors (Lipinski definition) is 5. The van der Waals surface area contributed by atoms with Crippen LogP contribution in [0.2, 0.25) is 0 Å². The molecule has 1 saturated heterocycles. The van der Waals surface area contributed by atoms with Crippen LogP contribution in [0.1, 0.15) is 38.6 Å². The van der Waals surface area contributed by atoms with Crippen molar-refractivity contribution < 1.29 is 0 Å². The van der Waals surface area contributed by atoms with Gasteiger partial charge in [-0.1, -0.05) is 18.8 Å². The Morgan fingerprint density at radius 3 is 2.56 bits per heavy atom. The van der Waals surface area contributed by atoms with E-state index < -0.39 is 0 Å². The lowest BCUT2D eigenvalue weighted by molar-refractivity contribution is 0.489. The van der Waals surface area contributed by atoms with Crippen LogP contribution in [0.15, 0.2) is 9.59 Å². The third-order valence-corrected chi connectivity index (χ3v) is 5.66. The van der Waals surface area contributed by atoms with Gasteiger partial charge in [0.25, 0.3) is 5.56 Å². The molecule has 2 aromatic rings. The van der Waals surface area contributed by atoms with Gasteiger partial charge in [0.2, 0.25) is 5.95 Å². The highest BCUT2D eigenvalue weighted by atomic mass is 16.2. The van der Waals surface area contributed by atoms with E-state index in [-0.39, 0.29) is 17.3 Å². The molecule has 4 rings (SSSR count). The molecule has 2 aliphatic rings. The van der Waals surface area contributed by atoms with E-state index in [0.29, 0.717) is 17.7 Å². The van der Waals surface area contributed by atoms with E-state index in [2.05, 4.69) is 22.1 Å². The summed E-state index contributed by atoms with van der Waals surface area (Å²) in [6, 6.07) is 0.114. The van der Waals surface area contributed by atoms with Gasteiger partial charge < -0.3 is 10.2 Å². The first-order chi connectivity index (χ1) is 13.1. The third kappa shape index (κ3) is 2.96. The van der Waals surface area contributed by atoms with Gasteiger partial charge in [0.15, 0.2) is 11.2 Å². The summed E-state index contributed by atoms with van der Waals surface area (Å²) in [5, 5.41) is 3.34. The lowest BCUT2D eigenvalue weighted by atomic mass is 10.2. The highest BCUT2D eigenvalue weighted by molar-refractivity contribution is 5.75. The van der Waals surface area contributed by atoms with Gasteiger partial charge in [-0.2, -0.15) is 4.98 Å². The number of hydrogen-bond donors (Lipinski definition) is 1. The number of aromatic nitrogens is 4. The lowest BCUT2D eigenvalue weighted by Gasteiger charge is -2.28. The van der Waals surface area contributed by atoms with Crippen molar-refractivity contribution in [2.45, 2.75) is 45.2 Å². The largest absolute Gasteiger partial charge is 0.340 e. The number of nitrogens with zero attached hydrogens (tertiary/aromatic N) is 5. The zero-order valence-corrected chi connectivity index (χ0v) is 16.0. The molecule has 1 aliphatic carbocycles. The molecule has 144 valence electrons. The number of fused-ring (bicyclic) bond motifs is 1. The van der Waals surface area contributed by atoms with Crippen molar-refractivity contribution in [3.05, 3.63) is 20.8 Å². The normalized spacial score (nSPS) is 18.1. The molecule has 0 radical (unpaired) electrons. The Kier molecular flexibility index (Phi) is 4.79. The standard InChI is InChI=1S/C19H26N6O2/c1-3-4-11-24-15-16(21-18(24)23-12-9-20-10-13-23)25(14-7-5-6-8-14)19(27)22(2)17(15)26/h14,20H,5-13H2,1-2H3. The Bertz CT molecular complexity index is 1020. The molecule has 1 N–H and O–H groups in total. The molecule has 27 heavy (non-hydrogen) atoms. The summed E-state index contributed by atoms with van der Waals surface area (Å²) in [7, 11) is 1.56. The molecule has 1 aliphatic heterocycles. The third-order valence-electron chi connectivity index (χ3n) is 5.66. The fourth-order valence-corrected chi connectivity index (χ4v) is 4.21. The average Bonchev–Trinajstić information content (AvgIpc) is 3.34. The predicted molar refractivity (Wildman–Crippen MR) is 105 cm³/mol. The van der Waals surface area contributed by atoms with Gasteiger partial charge in [0.05, 0.1) is 6.54 Å². The van der Waals surface area contributed by atoms with E-state index in [0.717, 1.165) is 57.8 Å². The molecule has 2 aromatic heterocycles. The van der Waals surface area contributed by atoms with E-state index >= 15 is 0 Å². The Labute approximate surface area is 157 Å². The molecule has 0 atom stereocenters. The minimum Gasteiger partial charge on any atom is -0.340 e. The highest BCUT2D eigenvalue weighted by Gasteiger charge is 2.28. The van der Waals surface area contributed by atoms with Crippen LogP contribution in [-0.2, 0) is 13.6 Å². The van der Waals surface area contributed by atoms with Crippen LogP contribution in [-0.4, -0.2) is 44.9 Å². The first kappa shape index (κ1) is 17.9. The maximum atomic E-state index is 13.0. The van der Waals surface area contributed by atoms with Crippen molar-refractivity contribution in [2.24, 2.45) is 7.05 Å². The van der Waals surface area contributed by atoms with Crippen molar-refractivity contribution >= 4 is 17.1 Å². The molecule has 0 aromatic carbocycles. The first-order valence-corrected chi connectivity index (χ1v) is 9.70. The second-order valence-electron chi connectivity index (χ2n) is 7.29. The minimum atomic E-state index is -0.295. The van der Waals surface area contributed by atoms with Crippen molar-refractivity contribution in [2.75, 3.05) is 31.1 Å². The molecule has 0 unspecified atom stereocenters. The Balaban J connectivity index is 2.01. The monoisotopic (exact) mass is 370 g/mol. The predicted octanol–water partition coefficient (Wildman–Crippen LogP) is 0.445. The summed E-state index contributed by atoms with van der Waals surface area (Å²) in [5.41, 5.74) is 0.440. The van der Waals surface area contributed by atoms with Crippen LogP contribution in [0.5, 0.6) is 0 Å². The van der Waals surface area contributed by atoms with Gasteiger partial charge in [-0.25, -0.2) is 4.79 Å². The van der Waals surface area contributed by atoms with Crippen molar-refractivity contribution in [1.82, 2.24) is 24.0 Å². The van der Waals surface area contributed by atoms with E-state index in [9.17, 15) is 9.59 Å². The molecular weight excluding hydrogens is 344 g/mol. The van der Waals surface area contributed by atoms with E-state index in [1.807, 2.05) is 4.57 Å². The van der Waals surface area contributed by atoms with Gasteiger partial charge >= 0.3 is 5.69 Å². The number of anilines is 1. The van der Waals surface area contributed by atoms with E-state index in [1.54, 1.807) is 18.5 Å². The summed E-state index contributed by atoms with van der Waals surface area (Å²) in [6.45, 7) is 5.56. The van der Waals surface area contributed by atoms with Crippen LogP contribution in [0.25, 0.3) is 11.2 Å². The Hall–Kier alpha value is -2.53. The number of imidazole rings is 1. The molecule has 8 nitrogen and oxygen atoms in total. The minimum absolute atomic E-state index is 0.114. The van der Waals surface area contributed by atoms with Crippen LogP contribution in [0, 0.1) is 11.8 Å². The van der Waals surface area contributed by atoms with Gasteiger partial charge in [-0.15, -0.1) is 5.92 Å². The van der Waals surface area contributed by atoms with Crippen molar-refractivity contribution in [1.29, 1.82) is 0 Å². The van der Waals surface area contributed by atoms with E-state index in [1.165, 1.54) is 4.57 Å². The van der Waals surface area contributed by atoms with Crippen LogP contribution >= 0.6 is 0 Å². The smallest absolute Gasteiger partial charge is 0.332 e.